The maximum Gasteiger partial charge on any atom is -0.0348 e. The molecule has 0 N–H and O–H groups in total. The van der Waals surface area contributed by atoms with Gasteiger partial charge in [-0.1, -0.05) is 36.1 Å². The van der Waals surface area contributed by atoms with E-state index in [-0.39, 0.29) is 0 Å². The van der Waals surface area contributed by atoms with E-state index < -0.39 is 0 Å². The molecule has 14 heavy (non-hydrogen) atoms. The highest BCUT2D eigenvalue weighted by atomic mass is 13.9. The molecule has 0 bridgehead atoms. The summed E-state index contributed by atoms with van der Waals surface area (Å²) in [6.45, 7) is 8.70. The average molecular weight is 194 g/mol. The van der Waals surface area contributed by atoms with Crippen molar-refractivity contribution in [1.82, 2.24) is 0 Å². The molecule has 0 radical (unpaired) electrons. The van der Waals surface area contributed by atoms with Crippen molar-refractivity contribution in [2.24, 2.45) is 0 Å². The molecule has 0 saturated heterocycles. The molecule has 0 aliphatic rings. The van der Waals surface area contributed by atoms with E-state index in [0.29, 0.717) is 0 Å². The van der Waals surface area contributed by atoms with Gasteiger partial charge < -0.3 is 0 Å². The quantitative estimate of drug-likeness (QED) is 0.383. The van der Waals surface area contributed by atoms with E-state index in [2.05, 4.69) is 39.8 Å². The normalized spacial score (nSPS) is 9.71. The maximum atomic E-state index is 2.34. The maximum absolute atomic E-state index is 2.34. The van der Waals surface area contributed by atoms with Gasteiger partial charge in [-0.25, -0.2) is 0 Å². The van der Waals surface area contributed by atoms with E-state index in [1.54, 1.807) is 0 Å². The van der Waals surface area contributed by atoms with E-state index in [1.165, 1.54) is 49.7 Å². The lowest BCUT2D eigenvalue weighted by molar-refractivity contribution is 0.650. The van der Waals surface area contributed by atoms with Crippen LogP contribution in [0.3, 0.4) is 0 Å². The van der Waals surface area contributed by atoms with E-state index >= 15 is 0 Å². The number of allylic oxidation sites excluding steroid dienone is 4. The number of hydrogen-bond acceptors (Lipinski definition) is 0. The van der Waals surface area contributed by atoms with Gasteiger partial charge in [-0.15, -0.1) is 0 Å². The van der Waals surface area contributed by atoms with Crippen molar-refractivity contribution in [2.75, 3.05) is 0 Å². The van der Waals surface area contributed by atoms with Crippen LogP contribution in [0.5, 0.6) is 0 Å². The zero-order valence-corrected chi connectivity index (χ0v) is 10.4. The van der Waals surface area contributed by atoms with Crippen LogP contribution in [-0.2, 0) is 0 Å². The zero-order chi connectivity index (χ0) is 10.8. The van der Waals surface area contributed by atoms with Crippen LogP contribution in [0, 0.1) is 0 Å². The van der Waals surface area contributed by atoms with Gasteiger partial charge in [0.1, 0.15) is 0 Å². The van der Waals surface area contributed by atoms with Gasteiger partial charge in [0.25, 0.3) is 0 Å². The molecule has 0 aromatic rings. The van der Waals surface area contributed by atoms with Crippen LogP contribution in [0.1, 0.15) is 66.2 Å². The third-order valence-electron chi connectivity index (χ3n) is 2.26. The van der Waals surface area contributed by atoms with Gasteiger partial charge in [0.15, 0.2) is 0 Å². The molecule has 0 unspecified atom stereocenters. The summed E-state index contributed by atoms with van der Waals surface area (Å²) in [4.78, 5) is 0. The topological polar surface area (TPSA) is 0 Å². The lowest BCUT2D eigenvalue weighted by Crippen LogP contribution is -1.78. The van der Waals surface area contributed by atoms with Crippen LogP contribution in [0.2, 0.25) is 0 Å². The Balaban J connectivity index is 3.15. The van der Waals surface area contributed by atoms with Gasteiger partial charge >= 0.3 is 0 Å². The van der Waals surface area contributed by atoms with Gasteiger partial charge in [0, 0.05) is 0 Å². The van der Waals surface area contributed by atoms with E-state index in [4.69, 9.17) is 0 Å². The molecular formula is C14H26. The highest BCUT2D eigenvalue weighted by molar-refractivity contribution is 4.93. The molecule has 0 aromatic heterocycles. The Morgan fingerprint density at radius 3 is 1.29 bits per heavy atom. The van der Waals surface area contributed by atoms with E-state index in [0.717, 1.165) is 0 Å². The summed E-state index contributed by atoms with van der Waals surface area (Å²) in [5.74, 6) is 0. The van der Waals surface area contributed by atoms with Gasteiger partial charge in [-0.05, 0) is 53.4 Å². The van der Waals surface area contributed by atoms with E-state index in [9.17, 15) is 0 Å². The van der Waals surface area contributed by atoms with Gasteiger partial charge in [-0.3, -0.25) is 0 Å². The number of hydrogen-bond donors (Lipinski definition) is 0. The Morgan fingerprint density at radius 2 is 1.00 bits per heavy atom. The monoisotopic (exact) mass is 194 g/mol. The highest BCUT2D eigenvalue weighted by Crippen LogP contribution is 2.08. The second-order valence-corrected chi connectivity index (χ2v) is 4.55. The highest BCUT2D eigenvalue weighted by Gasteiger charge is 1.88. The molecule has 0 aliphatic heterocycles. The first-order valence-corrected chi connectivity index (χ1v) is 5.89. The molecule has 0 saturated carbocycles. The van der Waals surface area contributed by atoms with Crippen LogP contribution in [0.25, 0.3) is 0 Å². The minimum absolute atomic E-state index is 1.27. The minimum Gasteiger partial charge on any atom is -0.0859 e. The van der Waals surface area contributed by atoms with Crippen LogP contribution in [0.15, 0.2) is 23.3 Å². The standard InChI is InChI=1S/C14H26/c1-13(2)11-9-7-5-6-8-10-12-14(3)4/h11-12H,5-10H2,1-4H3. The third kappa shape index (κ3) is 11.5. The Hall–Kier alpha value is -0.520. The summed E-state index contributed by atoms with van der Waals surface area (Å²) in [5, 5.41) is 0. The second kappa shape index (κ2) is 9.05. The van der Waals surface area contributed by atoms with Crippen LogP contribution < -0.4 is 0 Å². The fourth-order valence-electron chi connectivity index (χ4n) is 1.42. The fraction of sp³-hybridized carbons (Fsp3) is 0.714. The first-order chi connectivity index (χ1) is 6.63. The van der Waals surface area contributed by atoms with Crippen molar-refractivity contribution in [3.05, 3.63) is 23.3 Å². The van der Waals surface area contributed by atoms with Crippen molar-refractivity contribution < 1.29 is 0 Å². The average Bonchev–Trinajstić information content (AvgIpc) is 2.08. The summed E-state index contributed by atoms with van der Waals surface area (Å²) < 4.78 is 0. The summed E-state index contributed by atoms with van der Waals surface area (Å²) in [6.07, 6.45) is 12.7. The predicted octanol–water partition coefficient (Wildman–Crippen LogP) is 5.26. The molecule has 0 fully saturated rings. The third-order valence-corrected chi connectivity index (χ3v) is 2.26. The summed E-state index contributed by atoms with van der Waals surface area (Å²) >= 11 is 0. The Labute approximate surface area is 90.1 Å². The number of rotatable bonds is 7. The van der Waals surface area contributed by atoms with Gasteiger partial charge in [0.05, 0.1) is 0 Å². The largest absolute Gasteiger partial charge is 0.0859 e. The lowest BCUT2D eigenvalue weighted by Gasteiger charge is -1.98. The molecule has 0 spiro atoms. The van der Waals surface area contributed by atoms with Crippen molar-refractivity contribution in [3.8, 4) is 0 Å². The Bertz CT molecular complexity index is 154. The van der Waals surface area contributed by atoms with Crippen molar-refractivity contribution in [2.45, 2.75) is 66.2 Å². The van der Waals surface area contributed by atoms with Crippen LogP contribution in [-0.4, -0.2) is 0 Å². The van der Waals surface area contributed by atoms with Crippen LogP contribution in [0.4, 0.5) is 0 Å². The molecule has 0 atom stereocenters. The molecular weight excluding hydrogens is 168 g/mol. The van der Waals surface area contributed by atoms with Crippen molar-refractivity contribution in [3.63, 3.8) is 0 Å². The summed E-state index contributed by atoms with van der Waals surface area (Å²) in [6, 6.07) is 0. The van der Waals surface area contributed by atoms with Crippen LogP contribution >= 0.6 is 0 Å². The van der Waals surface area contributed by atoms with Crippen molar-refractivity contribution >= 4 is 0 Å². The van der Waals surface area contributed by atoms with E-state index in [1.807, 2.05) is 0 Å². The first kappa shape index (κ1) is 13.5. The molecule has 82 valence electrons. The molecule has 0 aromatic carbocycles. The summed E-state index contributed by atoms with van der Waals surface area (Å²) in [7, 11) is 0. The molecule has 0 amide bonds. The molecule has 0 nitrogen and oxygen atoms in total. The fourth-order valence-corrected chi connectivity index (χ4v) is 1.42. The molecule has 0 heteroatoms. The molecule has 0 heterocycles. The minimum atomic E-state index is 1.27. The lowest BCUT2D eigenvalue weighted by atomic mass is 10.1. The SMILES string of the molecule is CC(C)=CCCCCCCC=C(C)C. The van der Waals surface area contributed by atoms with Gasteiger partial charge in [0.2, 0.25) is 0 Å². The zero-order valence-electron chi connectivity index (χ0n) is 10.4. The summed E-state index contributed by atoms with van der Waals surface area (Å²) in [5.41, 5.74) is 2.91. The molecule has 0 rings (SSSR count). The van der Waals surface area contributed by atoms with Gasteiger partial charge in [-0.2, -0.15) is 0 Å². The Morgan fingerprint density at radius 1 is 0.643 bits per heavy atom. The smallest absolute Gasteiger partial charge is 0.0348 e. The predicted molar refractivity (Wildman–Crippen MR) is 66.6 cm³/mol. The second-order valence-electron chi connectivity index (χ2n) is 4.55. The van der Waals surface area contributed by atoms with Crippen molar-refractivity contribution in [1.29, 1.82) is 0 Å². The number of unbranched alkanes of at least 4 members (excludes halogenated alkanes) is 5. The molecule has 0 aliphatic carbocycles. The Kier molecular flexibility index (Phi) is 8.72. The first-order valence-electron chi connectivity index (χ1n) is 5.89.